The van der Waals surface area contributed by atoms with Gasteiger partial charge in [0.2, 0.25) is 5.91 Å². The molecule has 0 unspecified atom stereocenters. The van der Waals surface area contributed by atoms with Crippen molar-refractivity contribution in [3.8, 4) is 0 Å². The molecular formula is C13H21N3OS2. The molecule has 0 radical (unpaired) electrons. The average Bonchev–Trinajstić information content (AvgIpc) is 2.78. The van der Waals surface area contributed by atoms with E-state index in [1.165, 1.54) is 35.9 Å². The lowest BCUT2D eigenvalue weighted by molar-refractivity contribution is -0.119. The van der Waals surface area contributed by atoms with E-state index in [1.54, 1.807) is 0 Å². The van der Waals surface area contributed by atoms with Gasteiger partial charge >= 0.3 is 0 Å². The lowest BCUT2D eigenvalue weighted by Crippen LogP contribution is -2.44. The summed E-state index contributed by atoms with van der Waals surface area (Å²) in [5.41, 5.74) is 0. The maximum absolute atomic E-state index is 12.0. The van der Waals surface area contributed by atoms with E-state index in [-0.39, 0.29) is 5.91 Å². The van der Waals surface area contributed by atoms with Crippen LogP contribution < -0.4 is 5.32 Å². The zero-order valence-electron chi connectivity index (χ0n) is 11.7. The molecule has 1 heterocycles. The summed E-state index contributed by atoms with van der Waals surface area (Å²) >= 11 is 3.01. The largest absolute Gasteiger partial charge is 0.352 e. The molecule has 1 aromatic heterocycles. The lowest BCUT2D eigenvalue weighted by Gasteiger charge is -2.34. The second-order valence-electron chi connectivity index (χ2n) is 5.32. The Morgan fingerprint density at radius 3 is 2.89 bits per heavy atom. The number of amides is 1. The Balaban J connectivity index is 1.77. The molecule has 1 aliphatic carbocycles. The zero-order chi connectivity index (χ0) is 13.8. The molecule has 1 aliphatic rings. The van der Waals surface area contributed by atoms with Crippen molar-refractivity contribution in [2.45, 2.75) is 50.4 Å². The first-order valence-electron chi connectivity index (χ1n) is 6.78. The van der Waals surface area contributed by atoms with Gasteiger partial charge in [-0.1, -0.05) is 49.8 Å². The summed E-state index contributed by atoms with van der Waals surface area (Å²) in [6.45, 7) is 6.45. The summed E-state index contributed by atoms with van der Waals surface area (Å²) in [5.74, 6) is 1.83. The number of nitrogens with one attached hydrogen (secondary N) is 1. The fourth-order valence-electron chi connectivity index (χ4n) is 2.50. The van der Waals surface area contributed by atoms with Crippen molar-refractivity contribution in [3.63, 3.8) is 0 Å². The SMILES string of the molecule is Cc1nnc(SCC(=O)N[C@@H]2CCC[C@H](C)[C@H]2C)s1. The van der Waals surface area contributed by atoms with E-state index < -0.39 is 0 Å². The van der Waals surface area contributed by atoms with Crippen LogP contribution in [0.5, 0.6) is 0 Å². The van der Waals surface area contributed by atoms with Gasteiger partial charge in [-0.05, 0) is 25.2 Å². The number of thioether (sulfide) groups is 1. The predicted octanol–water partition coefficient (Wildman–Crippen LogP) is 2.88. The molecule has 0 aliphatic heterocycles. The Kier molecular flexibility index (Phi) is 5.21. The van der Waals surface area contributed by atoms with Crippen molar-refractivity contribution in [2.75, 3.05) is 5.75 Å². The first-order valence-corrected chi connectivity index (χ1v) is 8.58. The molecule has 106 valence electrons. The molecule has 0 aromatic carbocycles. The maximum atomic E-state index is 12.0. The summed E-state index contributed by atoms with van der Waals surface area (Å²) in [7, 11) is 0. The second kappa shape index (κ2) is 6.70. The van der Waals surface area contributed by atoms with Crippen molar-refractivity contribution in [1.29, 1.82) is 0 Å². The van der Waals surface area contributed by atoms with Gasteiger partial charge in [0.15, 0.2) is 4.34 Å². The molecule has 2 rings (SSSR count). The van der Waals surface area contributed by atoms with E-state index in [9.17, 15) is 4.79 Å². The van der Waals surface area contributed by atoms with Crippen LogP contribution in [0.4, 0.5) is 0 Å². The molecule has 19 heavy (non-hydrogen) atoms. The molecule has 6 heteroatoms. The number of hydrogen-bond donors (Lipinski definition) is 1. The number of aryl methyl sites for hydroxylation is 1. The summed E-state index contributed by atoms with van der Waals surface area (Å²) in [4.78, 5) is 12.0. The summed E-state index contributed by atoms with van der Waals surface area (Å²) in [6, 6.07) is 0.341. The van der Waals surface area contributed by atoms with Crippen molar-refractivity contribution in [2.24, 2.45) is 11.8 Å². The standard InChI is InChI=1S/C13H21N3OS2/c1-8-5-4-6-11(9(8)2)14-12(17)7-18-13-16-15-10(3)19-13/h8-9,11H,4-7H2,1-3H3,(H,14,17)/t8-,9+,11+/m0/s1. The number of aromatic nitrogens is 2. The Morgan fingerprint density at radius 2 is 2.21 bits per heavy atom. The van der Waals surface area contributed by atoms with Crippen LogP contribution in [-0.2, 0) is 4.79 Å². The lowest BCUT2D eigenvalue weighted by atomic mass is 9.78. The van der Waals surface area contributed by atoms with Crippen LogP contribution in [0.1, 0.15) is 38.1 Å². The number of carbonyl (C=O) groups is 1. The van der Waals surface area contributed by atoms with Gasteiger partial charge < -0.3 is 5.32 Å². The number of hydrogen-bond acceptors (Lipinski definition) is 5. The van der Waals surface area contributed by atoms with Crippen LogP contribution in [0, 0.1) is 18.8 Å². The Hall–Kier alpha value is -0.620. The van der Waals surface area contributed by atoms with Gasteiger partial charge in [-0.2, -0.15) is 0 Å². The van der Waals surface area contributed by atoms with E-state index >= 15 is 0 Å². The summed E-state index contributed by atoms with van der Waals surface area (Å²) in [5, 5.41) is 12.1. The van der Waals surface area contributed by atoms with Crippen molar-refractivity contribution in [3.05, 3.63) is 5.01 Å². The van der Waals surface area contributed by atoms with Gasteiger partial charge in [0.05, 0.1) is 5.75 Å². The minimum Gasteiger partial charge on any atom is -0.352 e. The van der Waals surface area contributed by atoms with Gasteiger partial charge in [0, 0.05) is 6.04 Å². The van der Waals surface area contributed by atoms with Crippen LogP contribution >= 0.6 is 23.1 Å². The number of rotatable bonds is 4. The van der Waals surface area contributed by atoms with E-state index in [4.69, 9.17) is 0 Å². The minimum atomic E-state index is 0.115. The highest BCUT2D eigenvalue weighted by molar-refractivity contribution is 8.01. The third-order valence-electron chi connectivity index (χ3n) is 3.89. The molecule has 4 nitrogen and oxygen atoms in total. The van der Waals surface area contributed by atoms with Gasteiger partial charge in [-0.15, -0.1) is 10.2 Å². The van der Waals surface area contributed by atoms with Crippen LogP contribution in [0.3, 0.4) is 0 Å². The normalized spacial score (nSPS) is 27.2. The van der Waals surface area contributed by atoms with E-state index in [0.29, 0.717) is 23.6 Å². The molecule has 1 fully saturated rings. The van der Waals surface area contributed by atoms with Crippen LogP contribution in [0.25, 0.3) is 0 Å². The molecular weight excluding hydrogens is 278 g/mol. The van der Waals surface area contributed by atoms with Crippen LogP contribution in [0.15, 0.2) is 4.34 Å². The van der Waals surface area contributed by atoms with Gasteiger partial charge in [-0.3, -0.25) is 4.79 Å². The molecule has 0 spiro atoms. The van der Waals surface area contributed by atoms with Gasteiger partial charge in [0.1, 0.15) is 5.01 Å². The maximum Gasteiger partial charge on any atom is 0.230 e. The second-order valence-corrected chi connectivity index (χ2v) is 7.72. The molecule has 1 amide bonds. The van der Waals surface area contributed by atoms with Crippen molar-refractivity contribution >= 4 is 29.0 Å². The highest BCUT2D eigenvalue weighted by Crippen LogP contribution is 2.29. The molecule has 1 N–H and O–H groups in total. The molecule has 0 bridgehead atoms. The first-order chi connectivity index (χ1) is 9.06. The fourth-order valence-corrected chi connectivity index (χ4v) is 4.12. The quantitative estimate of drug-likeness (QED) is 0.869. The first kappa shape index (κ1) is 14.8. The third-order valence-corrected chi connectivity index (χ3v) is 5.86. The van der Waals surface area contributed by atoms with E-state index in [2.05, 4.69) is 29.4 Å². The van der Waals surface area contributed by atoms with E-state index in [0.717, 1.165) is 15.8 Å². The van der Waals surface area contributed by atoms with Crippen molar-refractivity contribution in [1.82, 2.24) is 15.5 Å². The van der Waals surface area contributed by atoms with Gasteiger partial charge in [-0.25, -0.2) is 0 Å². The van der Waals surface area contributed by atoms with Crippen LogP contribution in [-0.4, -0.2) is 27.9 Å². The van der Waals surface area contributed by atoms with E-state index in [1.807, 2.05) is 6.92 Å². The summed E-state index contributed by atoms with van der Waals surface area (Å²) in [6.07, 6.45) is 3.62. The molecule has 0 saturated heterocycles. The van der Waals surface area contributed by atoms with Gasteiger partial charge in [0.25, 0.3) is 0 Å². The third kappa shape index (κ3) is 4.18. The molecule has 1 saturated carbocycles. The van der Waals surface area contributed by atoms with Crippen molar-refractivity contribution < 1.29 is 4.79 Å². The minimum absolute atomic E-state index is 0.115. The zero-order valence-corrected chi connectivity index (χ0v) is 13.3. The van der Waals surface area contributed by atoms with Crippen LogP contribution in [0.2, 0.25) is 0 Å². The molecule has 1 aromatic rings. The Morgan fingerprint density at radius 1 is 1.42 bits per heavy atom. The average molecular weight is 299 g/mol. The Labute approximate surface area is 122 Å². The monoisotopic (exact) mass is 299 g/mol. The number of carbonyl (C=O) groups excluding carboxylic acids is 1. The highest BCUT2D eigenvalue weighted by Gasteiger charge is 2.28. The highest BCUT2D eigenvalue weighted by atomic mass is 32.2. The molecule has 3 atom stereocenters. The summed E-state index contributed by atoms with van der Waals surface area (Å²) < 4.78 is 0.873. The topological polar surface area (TPSA) is 54.9 Å². The Bertz CT molecular complexity index is 435. The smallest absolute Gasteiger partial charge is 0.230 e. The fraction of sp³-hybridized carbons (Fsp3) is 0.769. The predicted molar refractivity (Wildman–Crippen MR) is 79.5 cm³/mol. The number of nitrogens with zero attached hydrogens (tertiary/aromatic N) is 2.